The zero-order chi connectivity index (χ0) is 9.64. The maximum Gasteiger partial charge on any atom is 0.0662 e. The number of hydrogen-bond donors (Lipinski definition) is 1. The lowest BCUT2D eigenvalue weighted by Crippen LogP contribution is -2.33. The number of hydrogen-bond acceptors (Lipinski definition) is 2. The molecule has 0 saturated carbocycles. The van der Waals surface area contributed by atoms with Gasteiger partial charge in [-0.05, 0) is 31.9 Å². The third-order valence-corrected chi connectivity index (χ3v) is 3.01. The van der Waals surface area contributed by atoms with Crippen molar-refractivity contribution in [1.29, 1.82) is 0 Å². The monoisotopic (exact) mass is 177 g/mol. The van der Waals surface area contributed by atoms with Crippen molar-refractivity contribution in [3.05, 3.63) is 35.4 Å². The molecule has 1 aromatic rings. The van der Waals surface area contributed by atoms with Gasteiger partial charge in [0.15, 0.2) is 0 Å². The van der Waals surface area contributed by atoms with Gasteiger partial charge in [-0.25, -0.2) is 0 Å². The molecule has 1 aliphatic heterocycles. The molecule has 0 bridgehead atoms. The van der Waals surface area contributed by atoms with E-state index in [-0.39, 0.29) is 11.6 Å². The fourth-order valence-corrected chi connectivity index (χ4v) is 2.16. The maximum atomic E-state index is 9.88. The van der Waals surface area contributed by atoms with E-state index in [9.17, 15) is 5.21 Å². The first-order chi connectivity index (χ1) is 6.05. The number of nitrogens with zero attached hydrogens (tertiary/aromatic N) is 1. The van der Waals surface area contributed by atoms with Gasteiger partial charge in [0.05, 0.1) is 11.6 Å². The standard InChI is InChI=1S/C11H15NO/c1-8-9-6-4-5-7-10(9)11(2,3)12(8)13/h4-8,13H,1-3H3. The molecule has 0 amide bonds. The summed E-state index contributed by atoms with van der Waals surface area (Å²) >= 11 is 0. The third-order valence-electron chi connectivity index (χ3n) is 3.01. The van der Waals surface area contributed by atoms with Gasteiger partial charge in [0, 0.05) is 0 Å². The van der Waals surface area contributed by atoms with E-state index >= 15 is 0 Å². The summed E-state index contributed by atoms with van der Waals surface area (Å²) in [6.07, 6.45) is 0. The van der Waals surface area contributed by atoms with Crippen LogP contribution in [0.15, 0.2) is 24.3 Å². The lowest BCUT2D eigenvalue weighted by molar-refractivity contribution is -0.181. The molecule has 13 heavy (non-hydrogen) atoms. The minimum absolute atomic E-state index is 0.103. The Labute approximate surface area is 78.8 Å². The molecule has 2 heteroatoms. The molecule has 1 aromatic carbocycles. The van der Waals surface area contributed by atoms with Gasteiger partial charge in [0.2, 0.25) is 0 Å². The zero-order valence-electron chi connectivity index (χ0n) is 8.28. The average Bonchev–Trinajstić information content (AvgIpc) is 2.30. The Kier molecular flexibility index (Phi) is 1.72. The van der Waals surface area contributed by atoms with Crippen molar-refractivity contribution in [2.24, 2.45) is 0 Å². The highest BCUT2D eigenvalue weighted by atomic mass is 16.5. The summed E-state index contributed by atoms with van der Waals surface area (Å²) in [6, 6.07) is 8.31. The first-order valence-electron chi connectivity index (χ1n) is 4.63. The average molecular weight is 177 g/mol. The zero-order valence-corrected chi connectivity index (χ0v) is 8.28. The van der Waals surface area contributed by atoms with Gasteiger partial charge >= 0.3 is 0 Å². The van der Waals surface area contributed by atoms with Crippen molar-refractivity contribution in [3.63, 3.8) is 0 Å². The molecule has 0 aromatic heterocycles. The van der Waals surface area contributed by atoms with Gasteiger partial charge in [-0.2, -0.15) is 5.06 Å². The largest absolute Gasteiger partial charge is 0.313 e. The molecule has 70 valence electrons. The normalized spacial score (nSPS) is 26.0. The molecule has 0 fully saturated rings. The molecule has 0 aliphatic carbocycles. The fourth-order valence-electron chi connectivity index (χ4n) is 2.16. The van der Waals surface area contributed by atoms with E-state index in [0.29, 0.717) is 0 Å². The summed E-state index contributed by atoms with van der Waals surface area (Å²) < 4.78 is 0. The fraction of sp³-hybridized carbons (Fsp3) is 0.455. The van der Waals surface area contributed by atoms with Crippen LogP contribution in [0.1, 0.15) is 37.9 Å². The molecule has 1 N–H and O–H groups in total. The van der Waals surface area contributed by atoms with E-state index in [1.54, 1.807) is 0 Å². The van der Waals surface area contributed by atoms with Crippen LogP contribution in [0.5, 0.6) is 0 Å². The molecule has 0 saturated heterocycles. The summed E-state index contributed by atoms with van der Waals surface area (Å²) in [5.74, 6) is 0. The second-order valence-corrected chi connectivity index (χ2v) is 4.17. The molecule has 0 spiro atoms. The highest BCUT2D eigenvalue weighted by Crippen LogP contribution is 2.43. The minimum atomic E-state index is -0.254. The van der Waals surface area contributed by atoms with E-state index < -0.39 is 0 Å². The van der Waals surface area contributed by atoms with Crippen LogP contribution in [-0.4, -0.2) is 10.3 Å². The first kappa shape index (κ1) is 8.73. The summed E-state index contributed by atoms with van der Waals surface area (Å²) in [6.45, 7) is 6.10. The van der Waals surface area contributed by atoms with Crippen molar-refractivity contribution in [3.8, 4) is 0 Å². The van der Waals surface area contributed by atoms with Gasteiger partial charge in [-0.3, -0.25) is 0 Å². The van der Waals surface area contributed by atoms with Gasteiger partial charge in [0.1, 0.15) is 0 Å². The number of benzene rings is 1. The highest BCUT2D eigenvalue weighted by Gasteiger charge is 2.40. The lowest BCUT2D eigenvalue weighted by atomic mass is 9.94. The molecule has 2 rings (SSSR count). The van der Waals surface area contributed by atoms with E-state index in [1.807, 2.05) is 32.9 Å². The van der Waals surface area contributed by atoms with Crippen molar-refractivity contribution in [2.45, 2.75) is 32.4 Å². The predicted octanol–water partition coefficient (Wildman–Crippen LogP) is 2.69. The Balaban J connectivity index is 2.61. The molecular formula is C11H15NO. The summed E-state index contributed by atoms with van der Waals surface area (Å²) in [7, 11) is 0. The van der Waals surface area contributed by atoms with Gasteiger partial charge < -0.3 is 5.21 Å². The van der Waals surface area contributed by atoms with Crippen molar-refractivity contribution < 1.29 is 5.21 Å². The molecular weight excluding hydrogens is 162 g/mol. The quantitative estimate of drug-likeness (QED) is 0.658. The van der Waals surface area contributed by atoms with E-state index in [4.69, 9.17) is 0 Å². The molecule has 1 unspecified atom stereocenters. The maximum absolute atomic E-state index is 9.88. The number of rotatable bonds is 0. The Bertz CT molecular complexity index is 333. The molecule has 1 aliphatic rings. The van der Waals surface area contributed by atoms with Crippen LogP contribution in [0.2, 0.25) is 0 Å². The Hall–Kier alpha value is -0.860. The van der Waals surface area contributed by atoms with E-state index in [1.165, 1.54) is 16.2 Å². The molecule has 1 atom stereocenters. The van der Waals surface area contributed by atoms with Gasteiger partial charge in [-0.15, -0.1) is 0 Å². The van der Waals surface area contributed by atoms with Crippen LogP contribution in [-0.2, 0) is 5.54 Å². The smallest absolute Gasteiger partial charge is 0.0662 e. The highest BCUT2D eigenvalue weighted by molar-refractivity contribution is 5.39. The molecule has 0 radical (unpaired) electrons. The molecule has 1 heterocycles. The third kappa shape index (κ3) is 1.02. The van der Waals surface area contributed by atoms with Gasteiger partial charge in [-0.1, -0.05) is 24.3 Å². The lowest BCUT2D eigenvalue weighted by Gasteiger charge is -2.28. The van der Waals surface area contributed by atoms with Crippen molar-refractivity contribution in [2.75, 3.05) is 0 Å². The Morgan fingerprint density at radius 2 is 1.92 bits per heavy atom. The Morgan fingerprint density at radius 1 is 1.31 bits per heavy atom. The van der Waals surface area contributed by atoms with Crippen molar-refractivity contribution in [1.82, 2.24) is 5.06 Å². The summed E-state index contributed by atoms with van der Waals surface area (Å²) in [4.78, 5) is 0. The minimum Gasteiger partial charge on any atom is -0.313 e. The topological polar surface area (TPSA) is 23.5 Å². The van der Waals surface area contributed by atoms with E-state index in [0.717, 1.165) is 0 Å². The van der Waals surface area contributed by atoms with Crippen molar-refractivity contribution >= 4 is 0 Å². The van der Waals surface area contributed by atoms with Crippen LogP contribution in [0.25, 0.3) is 0 Å². The second-order valence-electron chi connectivity index (χ2n) is 4.17. The Morgan fingerprint density at radius 3 is 2.54 bits per heavy atom. The van der Waals surface area contributed by atoms with Crippen LogP contribution < -0.4 is 0 Å². The number of hydroxylamine groups is 2. The van der Waals surface area contributed by atoms with Crippen LogP contribution in [0, 0.1) is 0 Å². The van der Waals surface area contributed by atoms with Crippen LogP contribution in [0.3, 0.4) is 0 Å². The number of fused-ring (bicyclic) bond motifs is 1. The summed E-state index contributed by atoms with van der Waals surface area (Å²) in [5.41, 5.74) is 2.20. The first-order valence-corrected chi connectivity index (χ1v) is 4.63. The van der Waals surface area contributed by atoms with E-state index in [2.05, 4.69) is 12.1 Å². The van der Waals surface area contributed by atoms with Crippen LogP contribution in [0.4, 0.5) is 0 Å². The predicted molar refractivity (Wildman–Crippen MR) is 51.5 cm³/mol. The summed E-state index contributed by atoms with van der Waals surface area (Å²) in [5, 5.41) is 11.3. The SMILES string of the molecule is CC1c2ccccc2C(C)(C)N1O. The van der Waals surface area contributed by atoms with Crippen LogP contribution >= 0.6 is 0 Å². The van der Waals surface area contributed by atoms with Gasteiger partial charge in [0.25, 0.3) is 0 Å². The second kappa shape index (κ2) is 2.56. The molecule has 2 nitrogen and oxygen atoms in total.